The van der Waals surface area contributed by atoms with Gasteiger partial charge in [0.1, 0.15) is 5.76 Å². The molecule has 0 saturated heterocycles. The Morgan fingerprint density at radius 2 is 2.00 bits per heavy atom. The third-order valence-electron chi connectivity index (χ3n) is 3.50. The first kappa shape index (κ1) is 14.1. The number of para-hydroxylation sites is 1. The molecule has 0 bridgehead atoms. The molecule has 2 N–H and O–H groups in total. The molecule has 19 heavy (non-hydrogen) atoms. The second kappa shape index (κ2) is 6.71. The van der Waals surface area contributed by atoms with Crippen molar-refractivity contribution in [2.75, 3.05) is 0 Å². The van der Waals surface area contributed by atoms with Gasteiger partial charge in [-0.25, -0.2) is 4.39 Å². The molecule has 0 fully saturated rings. The normalized spacial score (nSPS) is 13.0. The van der Waals surface area contributed by atoms with Crippen LogP contribution in [0.3, 0.4) is 0 Å². The molecule has 0 spiro atoms. The lowest BCUT2D eigenvalue weighted by Gasteiger charge is -2.07. The van der Waals surface area contributed by atoms with Gasteiger partial charge in [-0.15, -0.1) is 0 Å². The van der Waals surface area contributed by atoms with Gasteiger partial charge in [0.15, 0.2) is 11.4 Å². The molecular weight excluding hydrogens is 241 g/mol. The van der Waals surface area contributed by atoms with Crippen molar-refractivity contribution in [3.05, 3.63) is 35.8 Å². The maximum atomic E-state index is 13.5. The first-order chi connectivity index (χ1) is 9.22. The van der Waals surface area contributed by atoms with Gasteiger partial charge in [-0.1, -0.05) is 51.2 Å². The Kier molecular flexibility index (Phi) is 4.97. The van der Waals surface area contributed by atoms with Gasteiger partial charge in [-0.3, -0.25) is 0 Å². The third kappa shape index (κ3) is 3.57. The van der Waals surface area contributed by atoms with Crippen molar-refractivity contribution in [2.45, 2.75) is 51.5 Å². The van der Waals surface area contributed by atoms with Gasteiger partial charge in [0.2, 0.25) is 0 Å². The molecule has 1 heterocycles. The van der Waals surface area contributed by atoms with E-state index in [2.05, 4.69) is 6.92 Å². The minimum Gasteiger partial charge on any atom is -0.456 e. The van der Waals surface area contributed by atoms with E-state index >= 15 is 0 Å². The number of halogens is 1. The highest BCUT2D eigenvalue weighted by Gasteiger charge is 2.13. The number of unbranched alkanes of at least 4 members (excludes halogenated alkanes) is 4. The molecule has 0 aliphatic rings. The van der Waals surface area contributed by atoms with E-state index in [0.29, 0.717) is 11.3 Å². The van der Waals surface area contributed by atoms with Crippen LogP contribution in [0, 0.1) is 5.82 Å². The topological polar surface area (TPSA) is 39.2 Å². The lowest BCUT2D eigenvalue weighted by atomic mass is 10.1. The van der Waals surface area contributed by atoms with Crippen LogP contribution in [-0.4, -0.2) is 0 Å². The average Bonchev–Trinajstić information content (AvgIpc) is 2.84. The van der Waals surface area contributed by atoms with Crippen molar-refractivity contribution >= 4 is 11.0 Å². The molecule has 1 atom stereocenters. The average molecular weight is 263 g/mol. The quantitative estimate of drug-likeness (QED) is 0.719. The maximum Gasteiger partial charge on any atom is 0.169 e. The molecule has 2 rings (SSSR count). The van der Waals surface area contributed by atoms with Gasteiger partial charge >= 0.3 is 0 Å². The molecule has 104 valence electrons. The first-order valence-electron chi connectivity index (χ1n) is 7.16. The van der Waals surface area contributed by atoms with Crippen molar-refractivity contribution in [1.82, 2.24) is 0 Å². The van der Waals surface area contributed by atoms with E-state index in [1.807, 2.05) is 12.1 Å². The lowest BCUT2D eigenvalue weighted by molar-refractivity contribution is 0.450. The number of fused-ring (bicyclic) bond motifs is 1. The fourth-order valence-corrected chi connectivity index (χ4v) is 2.34. The molecule has 1 unspecified atom stereocenters. The Hall–Kier alpha value is -1.35. The summed E-state index contributed by atoms with van der Waals surface area (Å²) in [5, 5.41) is 0.788. The number of rotatable bonds is 7. The molecule has 0 radical (unpaired) electrons. The van der Waals surface area contributed by atoms with E-state index in [1.165, 1.54) is 31.7 Å². The van der Waals surface area contributed by atoms with Crippen molar-refractivity contribution < 1.29 is 8.81 Å². The minimum atomic E-state index is -0.320. The summed E-state index contributed by atoms with van der Waals surface area (Å²) in [6, 6.07) is 6.67. The van der Waals surface area contributed by atoms with Crippen LogP contribution in [0.5, 0.6) is 0 Å². The lowest BCUT2D eigenvalue weighted by Crippen LogP contribution is -2.08. The zero-order chi connectivity index (χ0) is 13.7. The monoisotopic (exact) mass is 263 g/mol. The molecular formula is C16H22FNO. The summed E-state index contributed by atoms with van der Waals surface area (Å²) in [6.07, 6.45) is 6.99. The molecule has 1 aromatic heterocycles. The van der Waals surface area contributed by atoms with Crippen LogP contribution < -0.4 is 5.73 Å². The van der Waals surface area contributed by atoms with Crippen molar-refractivity contribution in [2.24, 2.45) is 5.73 Å². The number of furan rings is 1. The number of hydrogen-bond donors (Lipinski definition) is 1. The molecule has 3 heteroatoms. The molecule has 0 saturated carbocycles. The summed E-state index contributed by atoms with van der Waals surface area (Å²) in [6.45, 7) is 2.20. The van der Waals surface area contributed by atoms with E-state index in [-0.39, 0.29) is 11.9 Å². The van der Waals surface area contributed by atoms with E-state index in [1.54, 1.807) is 6.07 Å². The summed E-state index contributed by atoms with van der Waals surface area (Å²) >= 11 is 0. The fraction of sp³-hybridized carbons (Fsp3) is 0.500. The summed E-state index contributed by atoms with van der Waals surface area (Å²) < 4.78 is 19.1. The van der Waals surface area contributed by atoms with Gasteiger partial charge in [0.05, 0.1) is 6.04 Å². The zero-order valence-corrected chi connectivity index (χ0v) is 11.5. The molecule has 2 nitrogen and oxygen atoms in total. The molecule has 2 aromatic rings. The second-order valence-corrected chi connectivity index (χ2v) is 5.12. The predicted molar refractivity (Wildman–Crippen MR) is 76.5 cm³/mol. The van der Waals surface area contributed by atoms with Crippen LogP contribution in [0.2, 0.25) is 0 Å². The molecule has 0 aliphatic carbocycles. The van der Waals surface area contributed by atoms with Crippen molar-refractivity contribution in [3.63, 3.8) is 0 Å². The maximum absolute atomic E-state index is 13.5. The largest absolute Gasteiger partial charge is 0.456 e. The van der Waals surface area contributed by atoms with Gasteiger partial charge in [-0.05, 0) is 18.6 Å². The number of nitrogens with two attached hydrogens (primary N) is 1. The van der Waals surface area contributed by atoms with E-state index in [9.17, 15) is 4.39 Å². The predicted octanol–water partition coefficient (Wildman–Crippen LogP) is 4.93. The van der Waals surface area contributed by atoms with Crippen LogP contribution in [0.4, 0.5) is 4.39 Å². The Balaban J connectivity index is 1.94. The second-order valence-electron chi connectivity index (χ2n) is 5.12. The fourth-order valence-electron chi connectivity index (χ4n) is 2.34. The van der Waals surface area contributed by atoms with Crippen LogP contribution in [0.1, 0.15) is 57.3 Å². The van der Waals surface area contributed by atoms with Crippen LogP contribution in [-0.2, 0) is 0 Å². The zero-order valence-electron chi connectivity index (χ0n) is 11.5. The van der Waals surface area contributed by atoms with Crippen LogP contribution in [0.25, 0.3) is 11.0 Å². The van der Waals surface area contributed by atoms with Gasteiger partial charge in [-0.2, -0.15) is 0 Å². The van der Waals surface area contributed by atoms with E-state index < -0.39 is 0 Å². The molecule has 0 aliphatic heterocycles. The molecule has 1 aromatic carbocycles. The van der Waals surface area contributed by atoms with Crippen LogP contribution in [0.15, 0.2) is 28.7 Å². The number of benzene rings is 1. The number of hydrogen-bond acceptors (Lipinski definition) is 2. The van der Waals surface area contributed by atoms with E-state index in [4.69, 9.17) is 10.2 Å². The highest BCUT2D eigenvalue weighted by Crippen LogP contribution is 2.27. The molecule has 0 amide bonds. The highest BCUT2D eigenvalue weighted by molar-refractivity contribution is 5.78. The summed E-state index contributed by atoms with van der Waals surface area (Å²) in [4.78, 5) is 0. The Labute approximate surface area is 113 Å². The third-order valence-corrected chi connectivity index (χ3v) is 3.50. The van der Waals surface area contributed by atoms with Crippen LogP contribution >= 0.6 is 0 Å². The standard InChI is InChI=1S/C16H22FNO/c1-2-3-4-5-6-10-14(18)15-11-12-8-7-9-13(17)16(12)19-15/h7-9,11,14H,2-6,10,18H2,1H3. The minimum absolute atomic E-state index is 0.131. The van der Waals surface area contributed by atoms with Gasteiger partial charge < -0.3 is 10.2 Å². The van der Waals surface area contributed by atoms with Crippen molar-refractivity contribution in [1.29, 1.82) is 0 Å². The Morgan fingerprint density at radius 1 is 1.21 bits per heavy atom. The SMILES string of the molecule is CCCCCCCC(N)c1cc2cccc(F)c2o1. The van der Waals surface area contributed by atoms with Gasteiger partial charge in [0.25, 0.3) is 0 Å². The highest BCUT2D eigenvalue weighted by atomic mass is 19.1. The first-order valence-corrected chi connectivity index (χ1v) is 7.16. The van der Waals surface area contributed by atoms with E-state index in [0.717, 1.165) is 18.2 Å². The van der Waals surface area contributed by atoms with Gasteiger partial charge in [0, 0.05) is 5.39 Å². The Morgan fingerprint density at radius 3 is 2.74 bits per heavy atom. The smallest absolute Gasteiger partial charge is 0.169 e. The summed E-state index contributed by atoms with van der Waals surface area (Å²) in [5.41, 5.74) is 6.43. The van der Waals surface area contributed by atoms with Crippen molar-refractivity contribution in [3.8, 4) is 0 Å². The Bertz CT molecular complexity index is 520. The summed E-state index contributed by atoms with van der Waals surface area (Å²) in [7, 11) is 0. The summed E-state index contributed by atoms with van der Waals surface area (Å²) in [5.74, 6) is 0.370.